The summed E-state index contributed by atoms with van der Waals surface area (Å²) in [5.74, 6) is -0.103. The molecule has 0 amide bonds. The van der Waals surface area contributed by atoms with E-state index in [2.05, 4.69) is 26.8 Å². The van der Waals surface area contributed by atoms with Crippen LogP contribution in [0.3, 0.4) is 0 Å². The summed E-state index contributed by atoms with van der Waals surface area (Å²) in [7, 11) is 0. The first-order valence-corrected chi connectivity index (χ1v) is 6.04. The zero-order chi connectivity index (χ0) is 11.8. The number of fused-ring (bicyclic) bond motifs is 1. The maximum atomic E-state index is 11.6. The van der Waals surface area contributed by atoms with Gasteiger partial charge in [-0.1, -0.05) is 25.5 Å². The first kappa shape index (κ1) is 11.4. The van der Waals surface area contributed by atoms with E-state index in [0.717, 1.165) is 31.3 Å². The summed E-state index contributed by atoms with van der Waals surface area (Å²) in [6.45, 7) is 6.67. The molecular formula is C14H20O2. The van der Waals surface area contributed by atoms with Gasteiger partial charge in [0.25, 0.3) is 0 Å². The Balaban J connectivity index is 2.21. The van der Waals surface area contributed by atoms with E-state index in [-0.39, 0.29) is 17.5 Å². The second kappa shape index (κ2) is 4.08. The van der Waals surface area contributed by atoms with Crippen LogP contribution in [0.1, 0.15) is 46.5 Å². The van der Waals surface area contributed by atoms with Crippen molar-refractivity contribution in [3.8, 4) is 0 Å². The number of carbonyl (C=O) groups is 1. The molecule has 0 spiro atoms. The molecule has 0 saturated heterocycles. The summed E-state index contributed by atoms with van der Waals surface area (Å²) in [6.07, 6.45) is 8.08. The molecule has 2 nitrogen and oxygen atoms in total. The summed E-state index contributed by atoms with van der Waals surface area (Å²) in [5.41, 5.74) is 2.50. The molecule has 16 heavy (non-hydrogen) atoms. The van der Waals surface area contributed by atoms with Crippen LogP contribution >= 0.6 is 0 Å². The largest absolute Gasteiger partial charge is 0.455 e. The Morgan fingerprint density at radius 3 is 2.94 bits per heavy atom. The van der Waals surface area contributed by atoms with E-state index in [4.69, 9.17) is 4.74 Å². The molecule has 0 N–H and O–H groups in total. The van der Waals surface area contributed by atoms with Gasteiger partial charge in [-0.15, -0.1) is 0 Å². The van der Waals surface area contributed by atoms with Gasteiger partial charge < -0.3 is 4.74 Å². The van der Waals surface area contributed by atoms with E-state index in [1.165, 1.54) is 5.57 Å². The number of hydrogen-bond acceptors (Lipinski definition) is 2. The van der Waals surface area contributed by atoms with Crippen molar-refractivity contribution in [2.24, 2.45) is 5.41 Å². The van der Waals surface area contributed by atoms with Crippen LogP contribution in [-0.4, -0.2) is 12.1 Å². The van der Waals surface area contributed by atoms with E-state index >= 15 is 0 Å². The first-order chi connectivity index (χ1) is 7.46. The summed E-state index contributed by atoms with van der Waals surface area (Å²) in [6, 6.07) is 0. The predicted octanol–water partition coefficient (Wildman–Crippen LogP) is 3.38. The van der Waals surface area contributed by atoms with Crippen molar-refractivity contribution in [1.29, 1.82) is 0 Å². The second-order valence-corrected chi connectivity index (χ2v) is 5.77. The number of rotatable bonds is 0. The van der Waals surface area contributed by atoms with Gasteiger partial charge >= 0.3 is 5.97 Å². The normalized spacial score (nSPS) is 29.2. The summed E-state index contributed by atoms with van der Waals surface area (Å²) in [4.78, 5) is 11.6. The molecule has 1 heterocycles. The van der Waals surface area contributed by atoms with Crippen molar-refractivity contribution in [3.05, 3.63) is 23.3 Å². The lowest BCUT2D eigenvalue weighted by Crippen LogP contribution is -2.21. The highest BCUT2D eigenvalue weighted by Crippen LogP contribution is 2.35. The van der Waals surface area contributed by atoms with Crippen LogP contribution < -0.4 is 0 Å². The third kappa shape index (κ3) is 2.55. The van der Waals surface area contributed by atoms with Gasteiger partial charge in [0, 0.05) is 5.57 Å². The topological polar surface area (TPSA) is 26.3 Å². The molecule has 0 aromatic rings. The molecule has 1 atom stereocenters. The monoisotopic (exact) mass is 220 g/mol. The van der Waals surface area contributed by atoms with Crippen molar-refractivity contribution >= 4 is 5.97 Å². The molecule has 0 saturated carbocycles. The van der Waals surface area contributed by atoms with Crippen LogP contribution in [0, 0.1) is 5.41 Å². The number of ether oxygens (including phenoxy) is 1. The standard InChI is InChI=1S/C14H20O2/c1-10-5-4-6-11-7-12(16-13(11)15)9-14(2,3)8-10/h5,7,12H,4,6,8-9H2,1-3H3. The fraction of sp³-hybridized carbons (Fsp3) is 0.643. The molecule has 0 aromatic carbocycles. The van der Waals surface area contributed by atoms with Crippen molar-refractivity contribution < 1.29 is 9.53 Å². The zero-order valence-corrected chi connectivity index (χ0v) is 10.4. The molecule has 1 aliphatic carbocycles. The fourth-order valence-electron chi connectivity index (χ4n) is 2.74. The Morgan fingerprint density at radius 2 is 2.19 bits per heavy atom. The van der Waals surface area contributed by atoms with Crippen molar-refractivity contribution in [3.63, 3.8) is 0 Å². The van der Waals surface area contributed by atoms with Crippen molar-refractivity contribution in [2.75, 3.05) is 0 Å². The molecule has 88 valence electrons. The average molecular weight is 220 g/mol. The molecule has 0 aromatic heterocycles. The minimum absolute atomic E-state index is 0.00315. The van der Waals surface area contributed by atoms with E-state index in [9.17, 15) is 4.79 Å². The maximum Gasteiger partial charge on any atom is 0.334 e. The minimum Gasteiger partial charge on any atom is -0.455 e. The van der Waals surface area contributed by atoms with Gasteiger partial charge in [0.1, 0.15) is 6.10 Å². The van der Waals surface area contributed by atoms with E-state index in [1.54, 1.807) is 0 Å². The van der Waals surface area contributed by atoms with Crippen molar-refractivity contribution in [2.45, 2.75) is 52.6 Å². The zero-order valence-electron chi connectivity index (χ0n) is 10.4. The lowest BCUT2D eigenvalue weighted by atomic mass is 9.80. The predicted molar refractivity (Wildman–Crippen MR) is 64.0 cm³/mol. The molecule has 0 radical (unpaired) electrons. The lowest BCUT2D eigenvalue weighted by molar-refractivity contribution is -0.140. The molecule has 2 heteroatoms. The molecule has 2 aliphatic rings. The van der Waals surface area contributed by atoms with Gasteiger partial charge in [-0.2, -0.15) is 0 Å². The van der Waals surface area contributed by atoms with Crippen LogP contribution in [0.2, 0.25) is 0 Å². The average Bonchev–Trinajstić information content (AvgIpc) is 2.43. The maximum absolute atomic E-state index is 11.6. The highest BCUT2D eigenvalue weighted by atomic mass is 16.5. The van der Waals surface area contributed by atoms with Crippen LogP contribution in [-0.2, 0) is 9.53 Å². The van der Waals surface area contributed by atoms with Crippen molar-refractivity contribution in [1.82, 2.24) is 0 Å². The van der Waals surface area contributed by atoms with Gasteiger partial charge in [0.15, 0.2) is 0 Å². The van der Waals surface area contributed by atoms with E-state index < -0.39 is 0 Å². The third-order valence-corrected chi connectivity index (χ3v) is 3.33. The van der Waals surface area contributed by atoms with Gasteiger partial charge in [0.05, 0.1) is 0 Å². The Labute approximate surface area is 97.4 Å². The SMILES string of the molecule is CC1=CCCC2=CC(CC(C)(C)C1)OC2=O. The molecule has 0 fully saturated rings. The smallest absolute Gasteiger partial charge is 0.334 e. The van der Waals surface area contributed by atoms with Crippen LogP contribution in [0.5, 0.6) is 0 Å². The lowest BCUT2D eigenvalue weighted by Gasteiger charge is -2.27. The fourth-order valence-corrected chi connectivity index (χ4v) is 2.74. The number of carbonyl (C=O) groups excluding carboxylic acids is 1. The van der Waals surface area contributed by atoms with Gasteiger partial charge in [0.2, 0.25) is 0 Å². The Hall–Kier alpha value is -1.05. The van der Waals surface area contributed by atoms with Gasteiger partial charge in [-0.25, -0.2) is 4.79 Å². The molecule has 1 aliphatic heterocycles. The Morgan fingerprint density at radius 1 is 1.44 bits per heavy atom. The number of allylic oxidation sites excluding steroid dienone is 2. The van der Waals surface area contributed by atoms with Gasteiger partial charge in [-0.05, 0) is 44.1 Å². The molecule has 1 unspecified atom stereocenters. The Bertz CT molecular complexity index is 361. The van der Waals surface area contributed by atoms with Crippen LogP contribution in [0.15, 0.2) is 23.3 Å². The number of esters is 1. The van der Waals surface area contributed by atoms with E-state index in [1.807, 2.05) is 6.08 Å². The summed E-state index contributed by atoms with van der Waals surface area (Å²) in [5, 5.41) is 0. The first-order valence-electron chi connectivity index (χ1n) is 6.04. The van der Waals surface area contributed by atoms with Gasteiger partial charge in [-0.3, -0.25) is 0 Å². The van der Waals surface area contributed by atoms with E-state index in [0.29, 0.717) is 0 Å². The minimum atomic E-state index is -0.103. The van der Waals surface area contributed by atoms with Crippen LogP contribution in [0.25, 0.3) is 0 Å². The number of hydrogen-bond donors (Lipinski definition) is 0. The second-order valence-electron chi connectivity index (χ2n) is 5.77. The summed E-state index contributed by atoms with van der Waals surface area (Å²) >= 11 is 0. The van der Waals surface area contributed by atoms with Crippen LogP contribution in [0.4, 0.5) is 0 Å². The molecule has 2 rings (SSSR count). The Kier molecular flexibility index (Phi) is 2.92. The quantitative estimate of drug-likeness (QED) is 0.462. The molecular weight excluding hydrogens is 200 g/mol. The third-order valence-electron chi connectivity index (χ3n) is 3.33. The molecule has 2 bridgehead atoms. The highest BCUT2D eigenvalue weighted by Gasteiger charge is 2.31. The highest BCUT2D eigenvalue weighted by molar-refractivity contribution is 5.90. The summed E-state index contributed by atoms with van der Waals surface area (Å²) < 4.78 is 5.37.